The van der Waals surface area contributed by atoms with Crippen LogP contribution in [0.2, 0.25) is 0 Å². The van der Waals surface area contributed by atoms with E-state index in [-0.39, 0.29) is 0 Å². The molecule has 0 nitrogen and oxygen atoms in total. The van der Waals surface area contributed by atoms with Crippen molar-refractivity contribution in [3.8, 4) is 0 Å². The quantitative estimate of drug-likeness (QED) is 0.487. The minimum atomic E-state index is -0.541. The van der Waals surface area contributed by atoms with Crippen LogP contribution < -0.4 is 0 Å². The summed E-state index contributed by atoms with van der Waals surface area (Å²) in [4.78, 5) is 0. The molecule has 0 aromatic rings. The largest absolute Gasteiger partial charge is 0.247 e. The van der Waals surface area contributed by atoms with Gasteiger partial charge in [-0.2, -0.15) is 0 Å². The second kappa shape index (κ2) is 6.84. The molecule has 0 bridgehead atoms. The van der Waals surface area contributed by atoms with Gasteiger partial charge < -0.3 is 0 Å². The summed E-state index contributed by atoms with van der Waals surface area (Å²) in [6.07, 6.45) is 13.6. The predicted octanol–water partition coefficient (Wildman–Crippen LogP) is 6.46. The molecule has 3 aliphatic rings. The second-order valence-corrected chi connectivity index (χ2v) is 8.12. The Morgan fingerprint density at radius 1 is 0.810 bits per heavy atom. The monoisotopic (exact) mass is 292 g/mol. The summed E-state index contributed by atoms with van der Waals surface area (Å²) in [5, 5.41) is 0. The van der Waals surface area contributed by atoms with Crippen LogP contribution >= 0.6 is 0 Å². The first-order valence-electron chi connectivity index (χ1n) is 9.52. The van der Waals surface area contributed by atoms with Gasteiger partial charge >= 0.3 is 0 Å². The molecule has 120 valence electrons. The van der Waals surface area contributed by atoms with E-state index < -0.39 is 6.17 Å². The zero-order valence-corrected chi connectivity index (χ0v) is 14.0. The van der Waals surface area contributed by atoms with Crippen molar-refractivity contribution in [3.63, 3.8) is 0 Å². The van der Waals surface area contributed by atoms with Gasteiger partial charge in [-0.1, -0.05) is 37.8 Å². The van der Waals surface area contributed by atoms with Crippen molar-refractivity contribution in [2.45, 2.75) is 90.6 Å². The molecule has 1 saturated carbocycles. The van der Waals surface area contributed by atoms with Crippen molar-refractivity contribution in [1.82, 2.24) is 0 Å². The first-order valence-corrected chi connectivity index (χ1v) is 9.52. The van der Waals surface area contributed by atoms with Crippen LogP contribution in [0.3, 0.4) is 0 Å². The Balaban J connectivity index is 1.80. The summed E-state index contributed by atoms with van der Waals surface area (Å²) in [5.41, 5.74) is 3.61. The van der Waals surface area contributed by atoms with Gasteiger partial charge in [0.05, 0.1) is 0 Å². The minimum Gasteiger partial charge on any atom is -0.247 e. The molecule has 0 N–H and O–H groups in total. The number of hydrogen-bond donors (Lipinski definition) is 0. The number of halogens is 1. The lowest BCUT2D eigenvalue weighted by Crippen LogP contribution is -2.32. The van der Waals surface area contributed by atoms with Crippen LogP contribution in [-0.4, -0.2) is 6.17 Å². The molecule has 0 aromatic heterocycles. The molecule has 5 atom stereocenters. The van der Waals surface area contributed by atoms with Crippen molar-refractivity contribution in [3.05, 3.63) is 11.1 Å². The lowest BCUT2D eigenvalue weighted by atomic mass is 9.65. The molecule has 3 rings (SSSR count). The number of alkyl halides is 1. The molecule has 0 aromatic carbocycles. The third-order valence-electron chi connectivity index (χ3n) is 6.72. The van der Waals surface area contributed by atoms with Crippen molar-refractivity contribution in [2.75, 3.05) is 0 Å². The van der Waals surface area contributed by atoms with Crippen LogP contribution in [-0.2, 0) is 0 Å². The second-order valence-electron chi connectivity index (χ2n) is 8.12. The third-order valence-corrected chi connectivity index (χ3v) is 6.72. The summed E-state index contributed by atoms with van der Waals surface area (Å²) >= 11 is 0. The van der Waals surface area contributed by atoms with E-state index in [0.717, 1.165) is 24.7 Å². The molecule has 0 amide bonds. The summed E-state index contributed by atoms with van der Waals surface area (Å²) in [6, 6.07) is 0. The van der Waals surface area contributed by atoms with Gasteiger partial charge in [0.2, 0.25) is 0 Å². The molecule has 21 heavy (non-hydrogen) atoms. The molecule has 0 spiro atoms. The van der Waals surface area contributed by atoms with Gasteiger partial charge in [-0.25, -0.2) is 4.39 Å². The van der Waals surface area contributed by atoms with Gasteiger partial charge in [-0.15, -0.1) is 0 Å². The Bertz CT molecular complexity index is 383. The fourth-order valence-corrected chi connectivity index (χ4v) is 5.25. The summed E-state index contributed by atoms with van der Waals surface area (Å²) < 4.78 is 14.2. The van der Waals surface area contributed by atoms with Gasteiger partial charge in [0.25, 0.3) is 0 Å². The van der Waals surface area contributed by atoms with Crippen LogP contribution in [0.5, 0.6) is 0 Å². The summed E-state index contributed by atoms with van der Waals surface area (Å²) in [5.74, 6) is 2.49. The number of rotatable bonds is 1. The first kappa shape index (κ1) is 15.6. The van der Waals surface area contributed by atoms with Crippen LogP contribution in [0, 0.1) is 23.7 Å². The van der Waals surface area contributed by atoms with Gasteiger partial charge in [-0.05, 0) is 81.5 Å². The molecule has 0 aliphatic heterocycles. The topological polar surface area (TPSA) is 0 Å². The highest BCUT2D eigenvalue weighted by Crippen LogP contribution is 2.47. The molecule has 0 saturated heterocycles. The van der Waals surface area contributed by atoms with E-state index >= 15 is 0 Å². The van der Waals surface area contributed by atoms with E-state index in [1.165, 1.54) is 57.8 Å². The van der Waals surface area contributed by atoms with Crippen molar-refractivity contribution in [2.24, 2.45) is 23.7 Å². The first-order chi connectivity index (χ1) is 10.2. The third kappa shape index (κ3) is 3.37. The maximum absolute atomic E-state index is 14.2. The highest BCUT2D eigenvalue weighted by atomic mass is 19.1. The van der Waals surface area contributed by atoms with E-state index in [0.29, 0.717) is 11.8 Å². The fraction of sp³-hybridized carbons (Fsp3) is 0.900. The van der Waals surface area contributed by atoms with E-state index in [1.807, 2.05) is 0 Å². The van der Waals surface area contributed by atoms with Gasteiger partial charge in [0.1, 0.15) is 6.17 Å². The Labute approximate surface area is 130 Å². The van der Waals surface area contributed by atoms with E-state index in [1.54, 1.807) is 11.1 Å². The molecule has 1 heteroatoms. The van der Waals surface area contributed by atoms with Gasteiger partial charge in [0, 0.05) is 0 Å². The van der Waals surface area contributed by atoms with Crippen molar-refractivity contribution in [1.29, 1.82) is 0 Å². The summed E-state index contributed by atoms with van der Waals surface area (Å²) in [7, 11) is 0. The molecule has 3 aliphatic carbocycles. The lowest BCUT2D eigenvalue weighted by Gasteiger charge is -2.41. The Morgan fingerprint density at radius 3 is 2.24 bits per heavy atom. The van der Waals surface area contributed by atoms with Gasteiger partial charge in [-0.3, -0.25) is 0 Å². The Kier molecular flexibility index (Phi) is 5.07. The molecule has 0 radical (unpaired) electrons. The average molecular weight is 292 g/mol. The minimum absolute atomic E-state index is 0.301. The molecular weight excluding hydrogens is 259 g/mol. The SMILES string of the molecule is CC1CCC(C2CCC(C)C(F)C2)C2=C1CCCCCC2. The van der Waals surface area contributed by atoms with Crippen LogP contribution in [0.15, 0.2) is 11.1 Å². The van der Waals surface area contributed by atoms with Crippen molar-refractivity contribution >= 4 is 0 Å². The van der Waals surface area contributed by atoms with Crippen molar-refractivity contribution < 1.29 is 4.39 Å². The zero-order chi connectivity index (χ0) is 14.8. The summed E-state index contributed by atoms with van der Waals surface area (Å²) in [6.45, 7) is 4.54. The van der Waals surface area contributed by atoms with Crippen LogP contribution in [0.1, 0.15) is 84.5 Å². The maximum Gasteiger partial charge on any atom is 0.103 e. The normalized spacial score (nSPS) is 42.1. The smallest absolute Gasteiger partial charge is 0.103 e. The molecular formula is C20H33F. The predicted molar refractivity (Wildman–Crippen MR) is 88.0 cm³/mol. The average Bonchev–Trinajstić information content (AvgIpc) is 2.43. The number of hydrogen-bond acceptors (Lipinski definition) is 0. The Hall–Kier alpha value is -0.330. The van der Waals surface area contributed by atoms with E-state index in [4.69, 9.17) is 0 Å². The lowest BCUT2D eigenvalue weighted by molar-refractivity contribution is 0.106. The Morgan fingerprint density at radius 2 is 1.52 bits per heavy atom. The van der Waals surface area contributed by atoms with E-state index in [2.05, 4.69) is 13.8 Å². The molecule has 5 unspecified atom stereocenters. The van der Waals surface area contributed by atoms with E-state index in [9.17, 15) is 4.39 Å². The van der Waals surface area contributed by atoms with Crippen LogP contribution in [0.25, 0.3) is 0 Å². The maximum atomic E-state index is 14.2. The number of allylic oxidation sites excluding steroid dienone is 2. The molecule has 1 fully saturated rings. The van der Waals surface area contributed by atoms with Crippen LogP contribution in [0.4, 0.5) is 4.39 Å². The highest BCUT2D eigenvalue weighted by molar-refractivity contribution is 5.24. The highest BCUT2D eigenvalue weighted by Gasteiger charge is 2.37. The fourth-order valence-electron chi connectivity index (χ4n) is 5.25. The zero-order valence-electron chi connectivity index (χ0n) is 14.0. The molecule has 0 heterocycles. The standard InChI is InChI=1S/C20H33F/c1-14-10-12-18(16-11-9-15(2)20(21)13-16)19-8-6-4-3-5-7-17(14)19/h14-16,18,20H,3-13H2,1-2H3. The van der Waals surface area contributed by atoms with Gasteiger partial charge in [0.15, 0.2) is 0 Å².